The summed E-state index contributed by atoms with van der Waals surface area (Å²) in [7, 11) is 5.55. The van der Waals surface area contributed by atoms with Crippen LogP contribution < -0.4 is 27.4 Å². The average Bonchev–Trinajstić information content (AvgIpc) is 3.44. The predicted molar refractivity (Wildman–Crippen MR) is 308 cm³/mol. The number of rotatable bonds is 11. The van der Waals surface area contributed by atoms with E-state index in [2.05, 4.69) is 20.9 Å². The molecule has 2 aliphatic rings. The van der Waals surface area contributed by atoms with Crippen molar-refractivity contribution in [1.29, 1.82) is 0 Å². The van der Waals surface area contributed by atoms with Gasteiger partial charge in [-0.15, -0.1) is 0 Å². The lowest BCUT2D eigenvalue weighted by molar-refractivity contribution is -0.132. The lowest BCUT2D eigenvalue weighted by Gasteiger charge is -2.25. The summed E-state index contributed by atoms with van der Waals surface area (Å²) in [5.41, 5.74) is 12.6. The van der Waals surface area contributed by atoms with E-state index in [1.165, 1.54) is 78.9 Å². The van der Waals surface area contributed by atoms with Gasteiger partial charge in [-0.25, -0.2) is 9.59 Å². The van der Waals surface area contributed by atoms with Crippen molar-refractivity contribution in [3.05, 3.63) is 99.7 Å². The van der Waals surface area contributed by atoms with E-state index in [4.69, 9.17) is 39.9 Å². The van der Waals surface area contributed by atoms with E-state index >= 15 is 0 Å². The number of nitrogens with one attached hydrogen (secondary N) is 3. The number of hydrogen-bond donors (Lipinski definition) is 9. The molecule has 4 bridgehead atoms. The second-order valence-corrected chi connectivity index (χ2v) is 20.1. The highest BCUT2D eigenvalue weighted by Gasteiger charge is 2.32. The zero-order valence-electron chi connectivity index (χ0n) is 47.9. The summed E-state index contributed by atoms with van der Waals surface area (Å²) < 4.78 is 33.4. The Bertz CT molecular complexity index is 2920. The molecule has 4 rings (SSSR count). The van der Waals surface area contributed by atoms with Gasteiger partial charge in [0.25, 0.3) is 11.8 Å². The fraction of sp³-hybridized carbons (Fsp3) is 0.441. The molecule has 0 fully saturated rings. The zero-order valence-corrected chi connectivity index (χ0v) is 47.9. The number of aliphatic imine (C=N–C) groups is 1. The SMILES string of the molecule is COC1CC(C)=Cc2c(O)c(cc(O)c2NCCC=Nc2c(O)cc3c(O)c2CC(C)CC(OC)C(=O)C(C)C=C(C)C(OC(N)=O)C(OC)C=CC=C(C)C(=O)N3)NC(=O)C(C)=CC=CC(OC)C(OC(N)=O)C(C)=CC(C)C1=O. The van der Waals surface area contributed by atoms with Gasteiger partial charge in [-0.2, -0.15) is 0 Å². The number of primary amides is 2. The molecule has 22 heteroatoms. The number of allylic oxidation sites excluding steroid dienone is 6. The van der Waals surface area contributed by atoms with E-state index in [0.29, 0.717) is 16.7 Å². The number of fused-ring (bicyclic) bond motifs is 4. The number of anilines is 3. The third kappa shape index (κ3) is 18.0. The minimum absolute atomic E-state index is 0.0269. The molecule has 0 saturated heterocycles. The van der Waals surface area contributed by atoms with Crippen LogP contribution in [0.3, 0.4) is 0 Å². The average molecular weight is 1130 g/mol. The van der Waals surface area contributed by atoms with Crippen LogP contribution in [0.25, 0.3) is 6.08 Å². The van der Waals surface area contributed by atoms with E-state index in [-0.39, 0.29) is 100 Å². The first-order valence-corrected chi connectivity index (χ1v) is 26.2. The van der Waals surface area contributed by atoms with Crippen molar-refractivity contribution in [2.45, 2.75) is 118 Å². The van der Waals surface area contributed by atoms with Gasteiger partial charge in [0.15, 0.2) is 23.8 Å². The van der Waals surface area contributed by atoms with Gasteiger partial charge < -0.3 is 76.3 Å². The second-order valence-electron chi connectivity index (χ2n) is 20.1. The molecule has 440 valence electrons. The number of ketones is 2. The Kier molecular flexibility index (Phi) is 24.7. The minimum atomic E-state index is -1.07. The first kappa shape index (κ1) is 65.5. The fourth-order valence-corrected chi connectivity index (χ4v) is 9.31. The van der Waals surface area contributed by atoms with Crippen molar-refractivity contribution in [2.24, 2.45) is 34.2 Å². The summed E-state index contributed by atoms with van der Waals surface area (Å²) in [4.78, 5) is 83.4. The Morgan fingerprint density at radius 2 is 1.17 bits per heavy atom. The molecule has 0 radical (unpaired) electrons. The number of amides is 4. The van der Waals surface area contributed by atoms with Crippen LogP contribution in [0.2, 0.25) is 0 Å². The summed E-state index contributed by atoms with van der Waals surface area (Å²) in [6.07, 6.45) is 7.68. The summed E-state index contributed by atoms with van der Waals surface area (Å²) >= 11 is 0. The van der Waals surface area contributed by atoms with Gasteiger partial charge in [-0.3, -0.25) is 24.2 Å². The maximum absolute atomic E-state index is 13.9. The smallest absolute Gasteiger partial charge is 0.405 e. The van der Waals surface area contributed by atoms with Crippen LogP contribution in [-0.4, -0.2) is 134 Å². The van der Waals surface area contributed by atoms with Gasteiger partial charge in [-0.1, -0.05) is 75.0 Å². The molecular weight excluding hydrogens is 1050 g/mol. The minimum Gasteiger partial charge on any atom is -0.506 e. The molecule has 2 aromatic carbocycles. The summed E-state index contributed by atoms with van der Waals surface area (Å²) in [6.45, 7) is 13.3. The van der Waals surface area contributed by atoms with Crippen molar-refractivity contribution in [3.8, 4) is 23.0 Å². The highest BCUT2D eigenvalue weighted by molar-refractivity contribution is 6.06. The summed E-state index contributed by atoms with van der Waals surface area (Å²) in [5.74, 6) is -5.38. The normalized spacial score (nSPS) is 24.2. The molecule has 0 aliphatic carbocycles. The summed E-state index contributed by atoms with van der Waals surface area (Å²) in [5, 5.41) is 55.1. The van der Waals surface area contributed by atoms with E-state index in [9.17, 15) is 49.2 Å². The quantitative estimate of drug-likeness (QED) is 0.0336. The molecule has 9 unspecified atom stereocenters. The number of phenolic OH excluding ortho intramolecular Hbond substituents is 4. The molecular formula is C59H78N6O16. The van der Waals surface area contributed by atoms with Gasteiger partial charge in [-0.05, 0) is 70.6 Å². The van der Waals surface area contributed by atoms with E-state index in [1.54, 1.807) is 65.0 Å². The second kappa shape index (κ2) is 30.5. The zero-order chi connectivity index (χ0) is 60.4. The lowest BCUT2D eigenvalue weighted by atomic mass is 9.88. The van der Waals surface area contributed by atoms with Crippen LogP contribution in [0.1, 0.15) is 85.8 Å². The van der Waals surface area contributed by atoms with Crippen molar-refractivity contribution in [1.82, 2.24) is 0 Å². The fourth-order valence-electron chi connectivity index (χ4n) is 9.31. The third-order valence-electron chi connectivity index (χ3n) is 13.7. The lowest BCUT2D eigenvalue weighted by Crippen LogP contribution is -2.35. The van der Waals surface area contributed by atoms with Crippen LogP contribution in [0.5, 0.6) is 23.0 Å². The molecule has 2 heterocycles. The van der Waals surface area contributed by atoms with Crippen molar-refractivity contribution < 1.29 is 77.6 Å². The Morgan fingerprint density at radius 3 is 1.65 bits per heavy atom. The van der Waals surface area contributed by atoms with Crippen molar-refractivity contribution >= 4 is 70.6 Å². The number of hydrogen-bond acceptors (Lipinski definition) is 18. The number of nitrogens with two attached hydrogens (primary N) is 2. The van der Waals surface area contributed by atoms with Crippen LogP contribution >= 0.6 is 0 Å². The number of carbonyl (C=O) groups excluding carboxylic acids is 6. The molecule has 22 nitrogen and oxygen atoms in total. The number of benzene rings is 2. The first-order valence-electron chi connectivity index (χ1n) is 26.2. The van der Waals surface area contributed by atoms with E-state index < -0.39 is 89.9 Å². The number of aromatic hydroxyl groups is 4. The molecule has 2 aromatic rings. The molecule has 0 spiro atoms. The molecule has 0 saturated carbocycles. The van der Waals surface area contributed by atoms with E-state index in [0.717, 1.165) is 6.07 Å². The van der Waals surface area contributed by atoms with Crippen LogP contribution in [0, 0.1) is 17.8 Å². The highest BCUT2D eigenvalue weighted by Crippen LogP contribution is 2.45. The van der Waals surface area contributed by atoms with Crippen molar-refractivity contribution in [2.75, 3.05) is 50.9 Å². The van der Waals surface area contributed by atoms with Crippen LogP contribution in [0.15, 0.2) is 93.6 Å². The van der Waals surface area contributed by atoms with Gasteiger partial charge in [0.2, 0.25) is 0 Å². The highest BCUT2D eigenvalue weighted by atomic mass is 16.6. The van der Waals surface area contributed by atoms with Gasteiger partial charge in [0.1, 0.15) is 53.1 Å². The van der Waals surface area contributed by atoms with Gasteiger partial charge in [0.05, 0.1) is 17.1 Å². The maximum atomic E-state index is 13.9. The molecule has 9 atom stereocenters. The maximum Gasteiger partial charge on any atom is 0.405 e. The van der Waals surface area contributed by atoms with Crippen molar-refractivity contribution in [3.63, 3.8) is 0 Å². The van der Waals surface area contributed by atoms with Crippen LogP contribution in [0.4, 0.5) is 32.3 Å². The Balaban J connectivity index is 1.75. The van der Waals surface area contributed by atoms with Crippen LogP contribution in [-0.2, 0) is 54.0 Å². The Morgan fingerprint density at radius 1 is 0.691 bits per heavy atom. The number of methoxy groups -OCH3 is 4. The summed E-state index contributed by atoms with van der Waals surface area (Å²) in [6, 6.07) is 2.32. The number of ether oxygens (including phenoxy) is 6. The van der Waals surface area contributed by atoms with E-state index in [1.807, 2.05) is 6.92 Å². The topological polar surface area (TPSA) is 339 Å². The first-order chi connectivity index (χ1) is 38.3. The molecule has 0 aromatic heterocycles. The Hall–Kier alpha value is -8.05. The number of nitrogens with zero attached hydrogens (tertiary/aromatic N) is 1. The molecule has 2 aliphatic heterocycles. The Labute approximate surface area is 472 Å². The number of carbonyl (C=O) groups is 6. The largest absolute Gasteiger partial charge is 0.506 e. The van der Waals surface area contributed by atoms with Gasteiger partial charge >= 0.3 is 12.2 Å². The molecule has 4 amide bonds. The molecule has 81 heavy (non-hydrogen) atoms. The standard InChI is InChI=1S/C59H78N6O16/c1-30-22-38-48(42(66)28-40(52(38)70)64-56(72)32(3)16-13-18-44(76-9)54(80-58(60)74)36(7)26-34(5)50(68)46(24-30)78-11)62-20-15-21-63-49-39-23-31(2)25-47(79-12)51(69)35(6)27-37(8)55(81-59(61)75)45(77-10)19-14-17-33(4)57(73)65-41(53(39)71)29-43(49)67/h13-14,16-20,23,26-30,34-35,44-47,54-55,63,66-67,70-71H,15,21-22,24-25H2,1-12H3,(H2,60,74)(H2,61,75)(H,64,72)(H,65,73). The number of Topliss-reactive ketones (excluding diaryl/α,β-unsaturated/α-hetero) is 2. The third-order valence-corrected chi connectivity index (χ3v) is 13.7. The monoisotopic (exact) mass is 1130 g/mol. The number of phenols is 4. The predicted octanol–water partition coefficient (Wildman–Crippen LogP) is 8.28. The molecule has 11 N–H and O–H groups in total. The van der Waals surface area contributed by atoms with Gasteiger partial charge in [0, 0.05) is 100 Å².